The molecule has 0 radical (unpaired) electrons. The van der Waals surface area contributed by atoms with E-state index in [1.807, 2.05) is 47.0 Å². The number of benzene rings is 1. The fraction of sp³-hybridized carbons (Fsp3) is 0.0769. The van der Waals surface area contributed by atoms with Crippen molar-refractivity contribution >= 4 is 21.6 Å². The van der Waals surface area contributed by atoms with Crippen molar-refractivity contribution in [3.05, 3.63) is 59.0 Å². The molecular weight excluding hydrogens is 294 g/mol. The van der Waals surface area contributed by atoms with Crippen LogP contribution in [0.15, 0.2) is 53.4 Å². The first-order valence-electron chi connectivity index (χ1n) is 5.48. The van der Waals surface area contributed by atoms with Gasteiger partial charge in [0.05, 0.1) is 4.47 Å². The highest BCUT2D eigenvalue weighted by Gasteiger charge is 2.05. The quantitative estimate of drug-likeness (QED) is 0.746. The lowest BCUT2D eigenvalue weighted by Gasteiger charge is -2.08. The normalized spacial score (nSPS) is 10.7. The molecular formula is C13H10BrN3O. The monoisotopic (exact) mass is 303 g/mol. The van der Waals surface area contributed by atoms with Crippen LogP contribution in [0.4, 0.5) is 0 Å². The molecule has 2 aromatic heterocycles. The van der Waals surface area contributed by atoms with E-state index in [2.05, 4.69) is 26.1 Å². The zero-order chi connectivity index (χ0) is 12.4. The van der Waals surface area contributed by atoms with Crippen molar-refractivity contribution in [2.75, 3.05) is 0 Å². The van der Waals surface area contributed by atoms with Crippen LogP contribution in [0.5, 0.6) is 5.75 Å². The SMILES string of the molecule is Brc1cn2cnnc2cc1OCc1ccccc1. The van der Waals surface area contributed by atoms with Crippen molar-refractivity contribution in [3.63, 3.8) is 0 Å². The van der Waals surface area contributed by atoms with E-state index < -0.39 is 0 Å². The van der Waals surface area contributed by atoms with Crippen molar-refractivity contribution in [2.24, 2.45) is 0 Å². The third kappa shape index (κ3) is 2.22. The second-order valence-corrected chi connectivity index (χ2v) is 4.71. The fourth-order valence-corrected chi connectivity index (χ4v) is 2.12. The summed E-state index contributed by atoms with van der Waals surface area (Å²) in [6.45, 7) is 0.531. The maximum Gasteiger partial charge on any atom is 0.164 e. The molecule has 0 saturated heterocycles. The number of halogens is 1. The van der Waals surface area contributed by atoms with Crippen molar-refractivity contribution in [3.8, 4) is 5.75 Å². The molecule has 3 aromatic rings. The Morgan fingerprint density at radius 2 is 2.06 bits per heavy atom. The first kappa shape index (κ1) is 11.2. The Balaban J connectivity index is 1.84. The molecule has 0 aliphatic rings. The zero-order valence-corrected chi connectivity index (χ0v) is 11.0. The summed E-state index contributed by atoms with van der Waals surface area (Å²) in [5, 5.41) is 7.83. The summed E-state index contributed by atoms with van der Waals surface area (Å²) in [5.41, 5.74) is 1.90. The number of nitrogens with zero attached hydrogens (tertiary/aromatic N) is 3. The first-order chi connectivity index (χ1) is 8.83. The van der Waals surface area contributed by atoms with Crippen LogP contribution in [0.1, 0.15) is 5.56 Å². The summed E-state index contributed by atoms with van der Waals surface area (Å²) in [7, 11) is 0. The number of rotatable bonds is 3. The molecule has 0 N–H and O–H groups in total. The van der Waals surface area contributed by atoms with E-state index in [-0.39, 0.29) is 0 Å². The third-order valence-corrected chi connectivity index (χ3v) is 3.18. The molecule has 0 aliphatic heterocycles. The molecule has 0 aliphatic carbocycles. The van der Waals surface area contributed by atoms with Crippen molar-refractivity contribution in [1.82, 2.24) is 14.6 Å². The van der Waals surface area contributed by atoms with Crippen molar-refractivity contribution in [2.45, 2.75) is 6.61 Å². The van der Waals surface area contributed by atoms with E-state index in [0.717, 1.165) is 21.4 Å². The molecule has 2 heterocycles. The molecule has 0 atom stereocenters. The summed E-state index contributed by atoms with van der Waals surface area (Å²) >= 11 is 3.47. The predicted molar refractivity (Wildman–Crippen MR) is 71.5 cm³/mol. The smallest absolute Gasteiger partial charge is 0.164 e. The number of ether oxygens (including phenoxy) is 1. The highest BCUT2D eigenvalue weighted by atomic mass is 79.9. The Labute approximate surface area is 112 Å². The van der Waals surface area contributed by atoms with Crippen LogP contribution < -0.4 is 4.74 Å². The van der Waals surface area contributed by atoms with Crippen molar-refractivity contribution < 1.29 is 4.74 Å². The van der Waals surface area contributed by atoms with Gasteiger partial charge in [-0.05, 0) is 21.5 Å². The summed E-state index contributed by atoms with van der Waals surface area (Å²) in [6, 6.07) is 11.9. The Hall–Kier alpha value is -1.88. The second-order valence-electron chi connectivity index (χ2n) is 3.86. The third-order valence-electron chi connectivity index (χ3n) is 2.59. The van der Waals surface area contributed by atoms with Gasteiger partial charge >= 0.3 is 0 Å². The number of pyridine rings is 1. The van der Waals surface area contributed by atoms with Crippen molar-refractivity contribution in [1.29, 1.82) is 0 Å². The standard InChI is InChI=1S/C13H10BrN3O/c14-11-7-17-9-15-16-13(17)6-12(11)18-8-10-4-2-1-3-5-10/h1-7,9H,8H2. The summed E-state index contributed by atoms with van der Waals surface area (Å²) in [5.74, 6) is 0.763. The van der Waals surface area contributed by atoms with E-state index in [9.17, 15) is 0 Å². The molecule has 5 heteroatoms. The van der Waals surface area contributed by atoms with Crippen LogP contribution in [0.3, 0.4) is 0 Å². The van der Waals surface area contributed by atoms with Crippen LogP contribution >= 0.6 is 15.9 Å². The number of hydrogen-bond acceptors (Lipinski definition) is 3. The number of aromatic nitrogens is 3. The molecule has 0 saturated carbocycles. The Bertz CT molecular complexity index is 666. The van der Waals surface area contributed by atoms with Gasteiger partial charge in [0.2, 0.25) is 0 Å². The highest BCUT2D eigenvalue weighted by molar-refractivity contribution is 9.10. The summed E-state index contributed by atoms with van der Waals surface area (Å²) in [6.07, 6.45) is 3.54. The average molecular weight is 304 g/mol. The van der Waals surface area contributed by atoms with Gasteiger partial charge in [-0.1, -0.05) is 30.3 Å². The first-order valence-corrected chi connectivity index (χ1v) is 6.28. The summed E-state index contributed by atoms with van der Waals surface area (Å²) < 4.78 is 8.49. The van der Waals surface area contributed by atoms with Crippen LogP contribution in [-0.4, -0.2) is 14.6 Å². The van der Waals surface area contributed by atoms with Crippen LogP contribution in [-0.2, 0) is 6.61 Å². The van der Waals surface area contributed by atoms with Gasteiger partial charge in [-0.3, -0.25) is 4.40 Å². The Morgan fingerprint density at radius 1 is 1.22 bits per heavy atom. The van der Waals surface area contributed by atoms with Crippen LogP contribution in [0.25, 0.3) is 5.65 Å². The van der Waals surface area contributed by atoms with E-state index in [0.29, 0.717) is 6.61 Å². The molecule has 90 valence electrons. The highest BCUT2D eigenvalue weighted by Crippen LogP contribution is 2.26. The van der Waals surface area contributed by atoms with Gasteiger partial charge in [-0.15, -0.1) is 10.2 Å². The number of fused-ring (bicyclic) bond motifs is 1. The minimum Gasteiger partial charge on any atom is -0.488 e. The molecule has 0 bridgehead atoms. The van der Waals surface area contributed by atoms with E-state index in [1.165, 1.54) is 0 Å². The second kappa shape index (κ2) is 4.78. The minimum atomic E-state index is 0.531. The molecule has 18 heavy (non-hydrogen) atoms. The van der Waals surface area contributed by atoms with Gasteiger partial charge in [0.1, 0.15) is 18.7 Å². The molecule has 1 aromatic carbocycles. The van der Waals surface area contributed by atoms with Gasteiger partial charge in [-0.2, -0.15) is 0 Å². The van der Waals surface area contributed by atoms with Gasteiger partial charge in [-0.25, -0.2) is 0 Å². The average Bonchev–Trinajstić information content (AvgIpc) is 2.84. The predicted octanol–water partition coefficient (Wildman–Crippen LogP) is 3.07. The zero-order valence-electron chi connectivity index (χ0n) is 9.45. The van der Waals surface area contributed by atoms with E-state index in [1.54, 1.807) is 6.33 Å². The van der Waals surface area contributed by atoms with Gasteiger partial charge in [0.25, 0.3) is 0 Å². The van der Waals surface area contributed by atoms with Gasteiger partial charge < -0.3 is 4.74 Å². The molecule has 3 rings (SSSR count). The van der Waals surface area contributed by atoms with Crippen LogP contribution in [0.2, 0.25) is 0 Å². The largest absolute Gasteiger partial charge is 0.488 e. The summed E-state index contributed by atoms with van der Waals surface area (Å²) in [4.78, 5) is 0. The van der Waals surface area contributed by atoms with Gasteiger partial charge in [0.15, 0.2) is 5.65 Å². The molecule has 0 amide bonds. The lowest BCUT2D eigenvalue weighted by atomic mass is 10.2. The van der Waals surface area contributed by atoms with Crippen LogP contribution in [0, 0.1) is 0 Å². The maximum absolute atomic E-state index is 5.77. The van der Waals surface area contributed by atoms with E-state index in [4.69, 9.17) is 4.74 Å². The number of hydrogen-bond donors (Lipinski definition) is 0. The Kier molecular flexibility index (Phi) is 2.98. The minimum absolute atomic E-state index is 0.531. The van der Waals surface area contributed by atoms with Gasteiger partial charge in [0, 0.05) is 12.3 Å². The molecule has 0 unspecified atom stereocenters. The molecule has 4 nitrogen and oxygen atoms in total. The molecule has 0 fully saturated rings. The lowest BCUT2D eigenvalue weighted by Crippen LogP contribution is -1.97. The lowest BCUT2D eigenvalue weighted by molar-refractivity contribution is 0.304. The molecule has 0 spiro atoms. The van der Waals surface area contributed by atoms with E-state index >= 15 is 0 Å². The Morgan fingerprint density at radius 3 is 2.89 bits per heavy atom. The topological polar surface area (TPSA) is 39.4 Å². The fourth-order valence-electron chi connectivity index (χ4n) is 1.67. The maximum atomic E-state index is 5.77.